The van der Waals surface area contributed by atoms with E-state index in [0.717, 1.165) is 41.7 Å². The molecule has 1 saturated carbocycles. The van der Waals surface area contributed by atoms with Crippen molar-refractivity contribution in [1.29, 1.82) is 0 Å². The first-order valence-electron chi connectivity index (χ1n) is 15.6. The van der Waals surface area contributed by atoms with E-state index in [4.69, 9.17) is 26.4 Å². The van der Waals surface area contributed by atoms with Crippen LogP contribution in [0.25, 0.3) is 0 Å². The molecule has 0 bridgehead atoms. The number of aryl methyl sites for hydroxylation is 1. The van der Waals surface area contributed by atoms with Crippen LogP contribution in [-0.2, 0) is 21.4 Å². The number of nitrogens with one attached hydrogen (secondary N) is 2. The molecule has 3 aromatic carbocycles. The molecule has 8 heteroatoms. The summed E-state index contributed by atoms with van der Waals surface area (Å²) in [5.74, 6) is 2.36. The summed E-state index contributed by atoms with van der Waals surface area (Å²) in [5.41, 5.74) is 4.51. The number of piperidine rings is 1. The summed E-state index contributed by atoms with van der Waals surface area (Å²) in [5, 5.41) is 7.88. The molecule has 0 spiro atoms. The number of fused-ring (bicyclic) bond motifs is 1. The maximum absolute atomic E-state index is 12.7. The van der Waals surface area contributed by atoms with E-state index in [2.05, 4.69) is 55.4 Å². The van der Waals surface area contributed by atoms with Gasteiger partial charge in [0.15, 0.2) is 11.2 Å². The fourth-order valence-corrected chi connectivity index (χ4v) is 6.10. The Morgan fingerprint density at radius 1 is 0.977 bits per heavy atom. The molecule has 1 heterocycles. The second-order valence-electron chi connectivity index (χ2n) is 12.8. The number of carbonyl (C=O) groups is 1. The number of para-hydroxylation sites is 1. The van der Waals surface area contributed by atoms with Gasteiger partial charge in [-0.25, -0.2) is 4.79 Å². The summed E-state index contributed by atoms with van der Waals surface area (Å²) in [6, 6.07) is 24.5. The summed E-state index contributed by atoms with van der Waals surface area (Å²) in [6.45, 7) is 14.1. The Morgan fingerprint density at radius 3 is 2.27 bits per heavy atom. The van der Waals surface area contributed by atoms with Crippen LogP contribution in [0.5, 0.6) is 11.5 Å². The average Bonchev–Trinajstić information content (AvgIpc) is 3.43. The highest BCUT2D eigenvalue weighted by molar-refractivity contribution is 7.80. The number of ether oxygens (including phenoxy) is 3. The Morgan fingerprint density at radius 2 is 1.64 bits per heavy atom. The van der Waals surface area contributed by atoms with Gasteiger partial charge in [-0.1, -0.05) is 63.2 Å². The normalized spacial score (nSPS) is 19.6. The lowest BCUT2D eigenvalue weighted by Gasteiger charge is -2.24. The molecule has 7 nitrogen and oxygen atoms in total. The highest BCUT2D eigenvalue weighted by Crippen LogP contribution is 2.45. The van der Waals surface area contributed by atoms with Gasteiger partial charge in [0.05, 0.1) is 6.61 Å². The van der Waals surface area contributed by atoms with Gasteiger partial charge >= 0.3 is 5.97 Å². The molecule has 4 atom stereocenters. The largest absolute Gasteiger partial charge is 0.492 e. The number of hydrogen-bond donors (Lipinski definition) is 2. The van der Waals surface area contributed by atoms with Gasteiger partial charge in [0.1, 0.15) is 18.1 Å². The van der Waals surface area contributed by atoms with Crippen molar-refractivity contribution in [1.82, 2.24) is 10.2 Å². The molecule has 0 amide bonds. The topological polar surface area (TPSA) is 72.1 Å². The number of carbonyl (C=O) groups excluding carboxylic acids is 1. The van der Waals surface area contributed by atoms with Crippen LogP contribution in [0.3, 0.4) is 0 Å². The van der Waals surface area contributed by atoms with E-state index >= 15 is 0 Å². The Labute approximate surface area is 267 Å². The van der Waals surface area contributed by atoms with Crippen molar-refractivity contribution >= 4 is 29.0 Å². The van der Waals surface area contributed by atoms with Gasteiger partial charge < -0.3 is 29.7 Å². The second-order valence-corrected chi connectivity index (χ2v) is 13.2. The molecule has 1 aliphatic carbocycles. The van der Waals surface area contributed by atoms with Gasteiger partial charge in [-0.3, -0.25) is 0 Å². The highest BCUT2D eigenvalue weighted by atomic mass is 32.1. The first-order valence-corrected chi connectivity index (χ1v) is 16.0. The molecule has 234 valence electrons. The van der Waals surface area contributed by atoms with Gasteiger partial charge in [0, 0.05) is 37.8 Å². The lowest BCUT2D eigenvalue weighted by atomic mass is 9.87. The summed E-state index contributed by atoms with van der Waals surface area (Å²) in [6.07, 6.45) is -0.319. The smallest absolute Gasteiger partial charge is 0.347 e. The third kappa shape index (κ3) is 8.10. The second kappa shape index (κ2) is 14.0. The van der Waals surface area contributed by atoms with Crippen LogP contribution in [0.15, 0.2) is 72.8 Å². The first kappa shape index (κ1) is 31.8. The fraction of sp³-hybridized carbons (Fsp3) is 0.444. The zero-order valence-electron chi connectivity index (χ0n) is 26.5. The first-order chi connectivity index (χ1) is 21.1. The summed E-state index contributed by atoms with van der Waals surface area (Å²) in [4.78, 5) is 15.0. The van der Waals surface area contributed by atoms with E-state index in [-0.39, 0.29) is 11.4 Å². The SMILES string of the molecule is CCOC(=O)[C@H](Cc1ccc(OCCNC2C3CN(C(=S)Nc4ccccc4C)C[C@H]32)cc1)Oc1ccc(C(C)(C)C)cc1. The van der Waals surface area contributed by atoms with Crippen LogP contribution >= 0.6 is 12.2 Å². The number of hydrogen-bond acceptors (Lipinski definition) is 6. The van der Waals surface area contributed by atoms with Gasteiger partial charge in [-0.2, -0.15) is 0 Å². The zero-order chi connectivity index (χ0) is 31.3. The van der Waals surface area contributed by atoms with E-state index < -0.39 is 6.10 Å². The number of likely N-dealkylation sites (tertiary alicyclic amines) is 1. The summed E-state index contributed by atoms with van der Waals surface area (Å²) < 4.78 is 17.4. The van der Waals surface area contributed by atoms with E-state index in [0.29, 0.717) is 43.3 Å². The van der Waals surface area contributed by atoms with E-state index in [1.165, 1.54) is 11.1 Å². The predicted molar refractivity (Wildman–Crippen MR) is 180 cm³/mol. The summed E-state index contributed by atoms with van der Waals surface area (Å²) in [7, 11) is 0. The number of anilines is 1. The number of thiocarbonyl (C=S) groups is 1. The molecular formula is C36H45N3O4S. The molecule has 0 aromatic heterocycles. The molecular weight excluding hydrogens is 570 g/mol. The van der Waals surface area contributed by atoms with Crippen molar-refractivity contribution in [3.8, 4) is 11.5 Å². The minimum atomic E-state index is -0.729. The van der Waals surface area contributed by atoms with E-state index in [1.54, 1.807) is 6.92 Å². The van der Waals surface area contributed by atoms with Gasteiger partial charge in [-0.05, 0) is 90.3 Å². The number of nitrogens with zero attached hydrogens (tertiary/aromatic N) is 1. The number of rotatable bonds is 12. The van der Waals surface area contributed by atoms with Crippen LogP contribution in [0, 0.1) is 18.8 Å². The van der Waals surface area contributed by atoms with E-state index in [9.17, 15) is 4.79 Å². The molecule has 1 saturated heterocycles. The number of esters is 1. The Kier molecular flexibility index (Phi) is 10.1. The maximum Gasteiger partial charge on any atom is 0.347 e. The molecule has 1 aliphatic heterocycles. The van der Waals surface area contributed by atoms with Crippen LogP contribution in [0.4, 0.5) is 5.69 Å². The molecule has 2 unspecified atom stereocenters. The van der Waals surface area contributed by atoms with Crippen LogP contribution < -0.4 is 20.1 Å². The Balaban J connectivity index is 1.03. The highest BCUT2D eigenvalue weighted by Gasteiger charge is 2.55. The molecule has 3 aromatic rings. The Hall–Kier alpha value is -3.62. The quantitative estimate of drug-likeness (QED) is 0.143. The molecule has 2 N–H and O–H groups in total. The van der Waals surface area contributed by atoms with Crippen LogP contribution in [-0.4, -0.2) is 61.0 Å². The van der Waals surface area contributed by atoms with E-state index in [1.807, 2.05) is 60.7 Å². The standard InChI is InChI=1S/C36H45N3O4S/c1-6-41-34(40)32(43-28-17-13-26(14-18-28)36(3,4)5)21-25-11-15-27(16-12-25)42-20-19-37-33-29-22-39(23-30(29)33)35(44)38-31-10-8-7-9-24(31)2/h7-18,29-30,32-33,37H,6,19-23H2,1-5H3,(H,38,44)/t29-,30?,32+,33?/m1/s1. The third-order valence-corrected chi connectivity index (χ3v) is 8.87. The van der Waals surface area contributed by atoms with Crippen molar-refractivity contribution in [3.05, 3.63) is 89.5 Å². The average molecular weight is 616 g/mol. The Bertz CT molecular complexity index is 1410. The predicted octanol–water partition coefficient (Wildman–Crippen LogP) is 6.14. The van der Waals surface area contributed by atoms with Gasteiger partial charge in [-0.15, -0.1) is 0 Å². The number of benzene rings is 3. The maximum atomic E-state index is 12.7. The summed E-state index contributed by atoms with van der Waals surface area (Å²) >= 11 is 5.67. The molecule has 5 rings (SSSR count). The lowest BCUT2D eigenvalue weighted by Crippen LogP contribution is -2.38. The third-order valence-electron chi connectivity index (χ3n) is 8.51. The van der Waals surface area contributed by atoms with Crippen molar-refractivity contribution in [3.63, 3.8) is 0 Å². The molecule has 0 radical (unpaired) electrons. The minimum Gasteiger partial charge on any atom is -0.492 e. The van der Waals surface area contributed by atoms with Crippen LogP contribution in [0.2, 0.25) is 0 Å². The monoisotopic (exact) mass is 615 g/mol. The van der Waals surface area contributed by atoms with Gasteiger partial charge in [0.25, 0.3) is 0 Å². The molecule has 44 heavy (non-hydrogen) atoms. The lowest BCUT2D eigenvalue weighted by molar-refractivity contribution is -0.151. The fourth-order valence-electron chi connectivity index (χ4n) is 5.84. The van der Waals surface area contributed by atoms with Crippen molar-refractivity contribution < 1.29 is 19.0 Å². The van der Waals surface area contributed by atoms with Crippen molar-refractivity contribution in [2.75, 3.05) is 38.2 Å². The minimum absolute atomic E-state index is 0.0480. The van der Waals surface area contributed by atoms with Crippen molar-refractivity contribution in [2.24, 2.45) is 11.8 Å². The van der Waals surface area contributed by atoms with Crippen molar-refractivity contribution in [2.45, 2.75) is 58.6 Å². The van der Waals surface area contributed by atoms with Crippen LogP contribution in [0.1, 0.15) is 44.4 Å². The van der Waals surface area contributed by atoms with Gasteiger partial charge in [0.2, 0.25) is 0 Å². The zero-order valence-corrected chi connectivity index (χ0v) is 27.3. The molecule has 2 fully saturated rings. The molecule has 2 aliphatic rings.